The van der Waals surface area contributed by atoms with Gasteiger partial charge in [0.25, 0.3) is 0 Å². The molecule has 0 amide bonds. The van der Waals surface area contributed by atoms with E-state index in [1.165, 1.54) is 12.0 Å². The summed E-state index contributed by atoms with van der Waals surface area (Å²) in [6.07, 6.45) is 0. The van der Waals surface area contributed by atoms with Crippen molar-refractivity contribution in [1.29, 1.82) is 0 Å². The number of halogens is 2. The van der Waals surface area contributed by atoms with Gasteiger partial charge >= 0.3 is 0 Å². The smallest absolute Gasteiger partial charge is 0.172 e. The molecular weight excluding hydrogens is 362 g/mol. The van der Waals surface area contributed by atoms with Gasteiger partial charge in [0, 0.05) is 17.5 Å². The number of ether oxygens (including phenoxy) is 1. The van der Waals surface area contributed by atoms with Crippen LogP contribution in [0.15, 0.2) is 28.7 Å². The zero-order chi connectivity index (χ0) is 14.7. The Balaban J connectivity index is 2.05. The lowest BCUT2D eigenvalue weighted by Crippen LogP contribution is -2.17. The fourth-order valence-corrected chi connectivity index (χ4v) is 3.39. The standard InChI is InChI=1S/C14H15BrClNO2S/c1-8(12-3-4-13(16)20-12)17-7-9-5-10(15)14(18)11(6-9)19-2/h3-6,8,17-18H,7H2,1-2H3. The molecule has 0 radical (unpaired) electrons. The second-order valence-corrected chi connectivity index (χ2v) is 6.97. The summed E-state index contributed by atoms with van der Waals surface area (Å²) in [4.78, 5) is 1.19. The molecular formula is C14H15BrClNO2S. The normalized spacial score (nSPS) is 12.4. The zero-order valence-corrected chi connectivity index (χ0v) is 14.3. The van der Waals surface area contributed by atoms with Crippen LogP contribution in [-0.2, 0) is 6.54 Å². The third-order valence-corrected chi connectivity index (χ3v) is 4.96. The minimum absolute atomic E-state index is 0.120. The van der Waals surface area contributed by atoms with E-state index < -0.39 is 0 Å². The zero-order valence-electron chi connectivity index (χ0n) is 11.1. The maximum absolute atomic E-state index is 9.77. The number of rotatable bonds is 5. The molecule has 6 heteroatoms. The topological polar surface area (TPSA) is 41.5 Å². The van der Waals surface area contributed by atoms with Crippen molar-refractivity contribution in [2.45, 2.75) is 19.5 Å². The molecule has 1 heterocycles. The number of thiophene rings is 1. The highest BCUT2D eigenvalue weighted by molar-refractivity contribution is 9.10. The van der Waals surface area contributed by atoms with Gasteiger partial charge in [-0.05, 0) is 52.7 Å². The van der Waals surface area contributed by atoms with E-state index in [4.69, 9.17) is 16.3 Å². The van der Waals surface area contributed by atoms with Gasteiger partial charge in [-0.1, -0.05) is 11.6 Å². The Morgan fingerprint density at radius 3 is 2.80 bits per heavy atom. The van der Waals surface area contributed by atoms with Crippen molar-refractivity contribution >= 4 is 38.9 Å². The molecule has 20 heavy (non-hydrogen) atoms. The van der Waals surface area contributed by atoms with Crippen LogP contribution in [0.2, 0.25) is 4.34 Å². The van der Waals surface area contributed by atoms with Crippen LogP contribution in [-0.4, -0.2) is 12.2 Å². The van der Waals surface area contributed by atoms with Gasteiger partial charge in [-0.15, -0.1) is 11.3 Å². The predicted octanol–water partition coefficient (Wildman–Crippen LogP) is 4.73. The molecule has 0 aliphatic rings. The van der Waals surface area contributed by atoms with E-state index in [0.29, 0.717) is 16.8 Å². The number of hydrogen-bond acceptors (Lipinski definition) is 4. The van der Waals surface area contributed by atoms with Crippen molar-refractivity contribution in [3.05, 3.63) is 43.5 Å². The molecule has 2 aromatic rings. The third kappa shape index (κ3) is 3.67. The number of phenolic OH excluding ortho intramolecular Hbond substituents is 1. The summed E-state index contributed by atoms with van der Waals surface area (Å²) >= 11 is 10.8. The fraction of sp³-hybridized carbons (Fsp3) is 0.286. The first-order chi connectivity index (χ1) is 9.51. The Morgan fingerprint density at radius 1 is 1.45 bits per heavy atom. The van der Waals surface area contributed by atoms with Crippen molar-refractivity contribution in [2.24, 2.45) is 0 Å². The number of nitrogens with one attached hydrogen (secondary N) is 1. The van der Waals surface area contributed by atoms with Gasteiger partial charge in [0.05, 0.1) is 15.9 Å². The Bertz CT molecular complexity index is 603. The van der Waals surface area contributed by atoms with Crippen LogP contribution in [0.5, 0.6) is 11.5 Å². The second kappa shape index (κ2) is 6.80. The summed E-state index contributed by atoms with van der Waals surface area (Å²) in [6.45, 7) is 2.76. The summed E-state index contributed by atoms with van der Waals surface area (Å²) in [5.41, 5.74) is 1.03. The van der Waals surface area contributed by atoms with Crippen LogP contribution < -0.4 is 10.1 Å². The molecule has 1 aromatic heterocycles. The minimum Gasteiger partial charge on any atom is -0.503 e. The van der Waals surface area contributed by atoms with Gasteiger partial charge in [0.1, 0.15) is 0 Å². The molecule has 2 N–H and O–H groups in total. The summed E-state index contributed by atoms with van der Waals surface area (Å²) in [5.74, 6) is 0.581. The fourth-order valence-electron chi connectivity index (χ4n) is 1.82. The quantitative estimate of drug-likeness (QED) is 0.792. The third-order valence-electron chi connectivity index (χ3n) is 2.94. The molecule has 1 unspecified atom stereocenters. The van der Waals surface area contributed by atoms with Gasteiger partial charge in [-0.3, -0.25) is 0 Å². The summed E-state index contributed by atoms with van der Waals surface area (Å²) in [5, 5.41) is 13.2. The maximum Gasteiger partial charge on any atom is 0.172 e. The Kier molecular flexibility index (Phi) is 5.32. The average molecular weight is 377 g/mol. The molecule has 0 spiro atoms. The Hall–Kier alpha value is -0.750. The SMILES string of the molecule is COc1cc(CNC(C)c2ccc(Cl)s2)cc(Br)c1O. The lowest BCUT2D eigenvalue weighted by molar-refractivity contribution is 0.371. The summed E-state index contributed by atoms with van der Waals surface area (Å²) in [7, 11) is 1.54. The second-order valence-electron chi connectivity index (χ2n) is 4.37. The number of benzene rings is 1. The van der Waals surface area contributed by atoms with Crippen molar-refractivity contribution in [3.63, 3.8) is 0 Å². The molecule has 0 aliphatic carbocycles. The van der Waals surface area contributed by atoms with E-state index in [1.807, 2.05) is 24.3 Å². The Morgan fingerprint density at radius 2 is 2.20 bits per heavy atom. The van der Waals surface area contributed by atoms with Crippen LogP contribution in [0.1, 0.15) is 23.4 Å². The number of hydrogen-bond donors (Lipinski definition) is 2. The number of aromatic hydroxyl groups is 1. The lowest BCUT2D eigenvalue weighted by atomic mass is 10.2. The Labute approximate surface area is 135 Å². The lowest BCUT2D eigenvalue weighted by Gasteiger charge is -2.14. The molecule has 1 atom stereocenters. The monoisotopic (exact) mass is 375 g/mol. The van der Waals surface area contributed by atoms with E-state index in [-0.39, 0.29) is 11.8 Å². The molecule has 0 fully saturated rings. The van der Waals surface area contributed by atoms with Crippen LogP contribution in [0, 0.1) is 0 Å². The summed E-state index contributed by atoms with van der Waals surface area (Å²) in [6, 6.07) is 7.84. The molecule has 0 saturated heterocycles. The highest BCUT2D eigenvalue weighted by atomic mass is 79.9. The number of methoxy groups -OCH3 is 1. The van der Waals surface area contributed by atoms with Crippen LogP contribution >= 0.6 is 38.9 Å². The van der Waals surface area contributed by atoms with Crippen LogP contribution in [0.3, 0.4) is 0 Å². The van der Waals surface area contributed by atoms with Crippen molar-refractivity contribution < 1.29 is 9.84 Å². The first-order valence-corrected chi connectivity index (χ1v) is 8.04. The molecule has 108 valence electrons. The summed E-state index contributed by atoms with van der Waals surface area (Å²) < 4.78 is 6.56. The van der Waals surface area contributed by atoms with Gasteiger partial charge in [0.2, 0.25) is 0 Å². The molecule has 0 bridgehead atoms. The molecule has 0 saturated carbocycles. The van der Waals surface area contributed by atoms with E-state index in [0.717, 1.165) is 9.90 Å². The minimum atomic E-state index is 0.120. The van der Waals surface area contributed by atoms with E-state index in [9.17, 15) is 5.11 Å². The van der Waals surface area contributed by atoms with E-state index in [2.05, 4.69) is 28.2 Å². The van der Waals surface area contributed by atoms with Crippen LogP contribution in [0.25, 0.3) is 0 Å². The van der Waals surface area contributed by atoms with Crippen molar-refractivity contribution in [2.75, 3.05) is 7.11 Å². The first kappa shape index (κ1) is 15.6. The van der Waals surface area contributed by atoms with Gasteiger partial charge in [-0.25, -0.2) is 0 Å². The largest absolute Gasteiger partial charge is 0.503 e. The molecule has 2 rings (SSSR count). The average Bonchev–Trinajstić information content (AvgIpc) is 2.86. The highest BCUT2D eigenvalue weighted by Gasteiger charge is 2.11. The van der Waals surface area contributed by atoms with Crippen molar-refractivity contribution in [3.8, 4) is 11.5 Å². The molecule has 3 nitrogen and oxygen atoms in total. The van der Waals surface area contributed by atoms with Gasteiger partial charge < -0.3 is 15.2 Å². The van der Waals surface area contributed by atoms with Gasteiger partial charge in [0.15, 0.2) is 11.5 Å². The highest BCUT2D eigenvalue weighted by Crippen LogP contribution is 2.35. The maximum atomic E-state index is 9.77. The number of phenols is 1. The van der Waals surface area contributed by atoms with Gasteiger partial charge in [-0.2, -0.15) is 0 Å². The molecule has 0 aliphatic heterocycles. The first-order valence-electron chi connectivity index (χ1n) is 6.05. The van der Waals surface area contributed by atoms with E-state index >= 15 is 0 Å². The van der Waals surface area contributed by atoms with Crippen molar-refractivity contribution in [1.82, 2.24) is 5.32 Å². The van der Waals surface area contributed by atoms with E-state index in [1.54, 1.807) is 11.3 Å². The molecule has 1 aromatic carbocycles. The van der Waals surface area contributed by atoms with Crippen LogP contribution in [0.4, 0.5) is 0 Å². The predicted molar refractivity (Wildman–Crippen MR) is 86.9 cm³/mol.